The molecule has 0 bridgehead atoms. The topological polar surface area (TPSA) is 64.6 Å². The number of thiazole rings is 1. The van der Waals surface area contributed by atoms with Crippen LogP contribution in [0.4, 0.5) is 5.13 Å². The summed E-state index contributed by atoms with van der Waals surface area (Å²) in [5.41, 5.74) is 2.78. The normalized spacial score (nSPS) is 10.8. The van der Waals surface area contributed by atoms with Crippen molar-refractivity contribution in [3.63, 3.8) is 0 Å². The van der Waals surface area contributed by atoms with Gasteiger partial charge in [0.1, 0.15) is 11.5 Å². The lowest BCUT2D eigenvalue weighted by molar-refractivity contribution is -0.120. The van der Waals surface area contributed by atoms with Gasteiger partial charge < -0.3 is 9.47 Å². The first kappa shape index (κ1) is 20.8. The molecule has 0 spiro atoms. The smallest absolute Gasteiger partial charge is 0.267 e. The molecule has 0 N–H and O–H groups in total. The number of aromatic nitrogens is 2. The van der Waals surface area contributed by atoms with E-state index in [0.29, 0.717) is 24.0 Å². The fraction of sp³-hybridized carbons (Fsp3) is 0.208. The number of benzene rings is 2. The van der Waals surface area contributed by atoms with E-state index in [4.69, 9.17) is 14.5 Å². The molecule has 0 saturated carbocycles. The predicted molar refractivity (Wildman–Crippen MR) is 123 cm³/mol. The molecule has 7 heteroatoms. The Morgan fingerprint density at radius 1 is 1.00 bits per heavy atom. The molecule has 2 aromatic heterocycles. The van der Waals surface area contributed by atoms with Crippen LogP contribution in [0.2, 0.25) is 0 Å². The van der Waals surface area contributed by atoms with Gasteiger partial charge in [0.05, 0.1) is 29.1 Å². The van der Waals surface area contributed by atoms with Crippen LogP contribution >= 0.6 is 11.3 Å². The number of carbonyl (C=O) groups excluding carboxylic acids is 1. The van der Waals surface area contributed by atoms with Crippen LogP contribution in [0.3, 0.4) is 0 Å². The molecule has 0 atom stereocenters. The number of carbonyl (C=O) groups is 1. The maximum atomic E-state index is 13.2. The van der Waals surface area contributed by atoms with E-state index >= 15 is 0 Å². The molecule has 0 fully saturated rings. The molecule has 1 amide bonds. The van der Waals surface area contributed by atoms with Crippen molar-refractivity contribution in [3.8, 4) is 11.5 Å². The van der Waals surface area contributed by atoms with Crippen LogP contribution in [0.15, 0.2) is 66.9 Å². The lowest BCUT2D eigenvalue weighted by atomic mass is 10.2. The summed E-state index contributed by atoms with van der Waals surface area (Å²) in [5.74, 6) is 1.19. The van der Waals surface area contributed by atoms with E-state index in [1.165, 1.54) is 11.3 Å². The highest BCUT2D eigenvalue weighted by molar-refractivity contribution is 7.22. The van der Waals surface area contributed by atoms with Gasteiger partial charge in [-0.3, -0.25) is 14.7 Å². The molecule has 0 aliphatic heterocycles. The van der Waals surface area contributed by atoms with E-state index < -0.39 is 0 Å². The van der Waals surface area contributed by atoms with Crippen molar-refractivity contribution < 1.29 is 14.3 Å². The van der Waals surface area contributed by atoms with Gasteiger partial charge in [-0.1, -0.05) is 29.5 Å². The van der Waals surface area contributed by atoms with Gasteiger partial charge in [0.15, 0.2) is 11.7 Å². The second-order valence-electron chi connectivity index (χ2n) is 6.91. The van der Waals surface area contributed by atoms with Crippen molar-refractivity contribution >= 4 is 32.6 Å². The first-order valence-corrected chi connectivity index (χ1v) is 10.9. The molecular formula is C24H23N3O3S. The molecule has 2 heterocycles. The summed E-state index contributed by atoms with van der Waals surface area (Å²) in [6, 6.07) is 18.9. The second kappa shape index (κ2) is 9.57. The summed E-state index contributed by atoms with van der Waals surface area (Å²) >= 11 is 1.49. The number of anilines is 1. The Labute approximate surface area is 185 Å². The number of nitrogens with zero attached hydrogens (tertiary/aromatic N) is 3. The number of hydrogen-bond donors (Lipinski definition) is 0. The van der Waals surface area contributed by atoms with Crippen LogP contribution in [0.5, 0.6) is 11.5 Å². The minimum atomic E-state index is -0.184. The van der Waals surface area contributed by atoms with Gasteiger partial charge >= 0.3 is 0 Å². The average Bonchev–Trinajstić information content (AvgIpc) is 3.23. The summed E-state index contributed by atoms with van der Waals surface area (Å²) < 4.78 is 12.2. The van der Waals surface area contributed by atoms with E-state index in [1.54, 1.807) is 23.2 Å². The van der Waals surface area contributed by atoms with Crippen LogP contribution < -0.4 is 14.4 Å². The second-order valence-corrected chi connectivity index (χ2v) is 7.92. The van der Waals surface area contributed by atoms with Crippen LogP contribution in [-0.2, 0) is 11.3 Å². The highest BCUT2D eigenvalue weighted by Gasteiger charge is 2.22. The summed E-state index contributed by atoms with van der Waals surface area (Å²) in [6.45, 7) is 4.78. The lowest BCUT2D eigenvalue weighted by Crippen LogP contribution is -2.34. The number of hydrogen-bond acceptors (Lipinski definition) is 6. The number of amides is 1. The number of para-hydroxylation sites is 1. The Balaban J connectivity index is 1.55. The van der Waals surface area contributed by atoms with Crippen molar-refractivity contribution in [2.75, 3.05) is 18.1 Å². The fourth-order valence-corrected chi connectivity index (χ4v) is 4.19. The average molecular weight is 434 g/mol. The van der Waals surface area contributed by atoms with Crippen LogP contribution in [0.1, 0.15) is 18.2 Å². The van der Waals surface area contributed by atoms with Crippen molar-refractivity contribution in [1.29, 1.82) is 0 Å². The number of ether oxygens (including phenoxy) is 2. The monoisotopic (exact) mass is 433 g/mol. The van der Waals surface area contributed by atoms with E-state index in [2.05, 4.69) is 4.98 Å². The lowest BCUT2D eigenvalue weighted by Gasteiger charge is -2.19. The van der Waals surface area contributed by atoms with Gasteiger partial charge in [-0.2, -0.15) is 0 Å². The highest BCUT2D eigenvalue weighted by atomic mass is 32.1. The van der Waals surface area contributed by atoms with Crippen LogP contribution in [0.25, 0.3) is 10.2 Å². The zero-order valence-electron chi connectivity index (χ0n) is 17.4. The van der Waals surface area contributed by atoms with Crippen LogP contribution in [-0.4, -0.2) is 29.1 Å². The summed E-state index contributed by atoms with van der Waals surface area (Å²) in [4.78, 5) is 23.9. The molecule has 158 valence electrons. The number of fused-ring (bicyclic) bond motifs is 1. The third-order valence-corrected chi connectivity index (χ3v) is 5.73. The summed E-state index contributed by atoms with van der Waals surface area (Å²) in [5, 5.41) is 0.634. The number of rotatable bonds is 8. The Bertz CT molecular complexity index is 1160. The van der Waals surface area contributed by atoms with E-state index in [-0.39, 0.29) is 12.5 Å². The molecule has 6 nitrogen and oxygen atoms in total. The van der Waals surface area contributed by atoms with Gasteiger partial charge in [-0.25, -0.2) is 4.98 Å². The molecule has 4 rings (SSSR count). The maximum absolute atomic E-state index is 13.2. The Kier molecular flexibility index (Phi) is 6.43. The molecule has 31 heavy (non-hydrogen) atoms. The molecule has 0 aliphatic carbocycles. The van der Waals surface area contributed by atoms with E-state index in [1.807, 2.05) is 62.4 Å². The Morgan fingerprint density at radius 2 is 1.77 bits per heavy atom. The van der Waals surface area contributed by atoms with E-state index in [9.17, 15) is 4.79 Å². The first-order chi connectivity index (χ1) is 15.1. The Morgan fingerprint density at radius 3 is 2.45 bits per heavy atom. The minimum absolute atomic E-state index is 0.101. The molecular weight excluding hydrogens is 410 g/mol. The summed E-state index contributed by atoms with van der Waals surface area (Å²) in [7, 11) is 0. The minimum Gasteiger partial charge on any atom is -0.494 e. The predicted octanol–water partition coefficient (Wildman–Crippen LogP) is 5.01. The molecule has 0 unspecified atom stereocenters. The van der Waals surface area contributed by atoms with Gasteiger partial charge in [-0.15, -0.1) is 0 Å². The number of pyridine rings is 1. The Hall–Kier alpha value is -3.45. The first-order valence-electron chi connectivity index (χ1n) is 10.1. The number of aryl methyl sites for hydroxylation is 1. The van der Waals surface area contributed by atoms with Gasteiger partial charge in [-0.05, 0) is 61.9 Å². The van der Waals surface area contributed by atoms with Crippen molar-refractivity contribution in [1.82, 2.24) is 9.97 Å². The quantitative estimate of drug-likeness (QED) is 0.391. The highest BCUT2D eigenvalue weighted by Crippen LogP contribution is 2.31. The maximum Gasteiger partial charge on any atom is 0.267 e. The van der Waals surface area contributed by atoms with Crippen molar-refractivity contribution in [2.45, 2.75) is 20.4 Å². The fourth-order valence-electron chi connectivity index (χ4n) is 3.13. The van der Waals surface area contributed by atoms with Gasteiger partial charge in [0.25, 0.3) is 5.91 Å². The van der Waals surface area contributed by atoms with Crippen molar-refractivity contribution in [2.24, 2.45) is 0 Å². The zero-order chi connectivity index (χ0) is 21.6. The van der Waals surface area contributed by atoms with Gasteiger partial charge in [0.2, 0.25) is 0 Å². The third-order valence-electron chi connectivity index (χ3n) is 4.68. The molecule has 0 saturated heterocycles. The SMILES string of the molecule is CCOc1ccc(OCC(=O)N(Cc2ccccn2)c2nc3c(C)cccc3s2)cc1. The standard InChI is InChI=1S/C24H23N3O3S/c1-3-29-19-10-12-20(13-11-19)30-16-22(28)27(15-18-8-4-5-14-25-18)24-26-23-17(2)7-6-9-21(23)31-24/h4-14H,3,15-16H2,1-2H3. The molecule has 4 aromatic rings. The zero-order valence-corrected chi connectivity index (χ0v) is 18.3. The summed E-state index contributed by atoms with van der Waals surface area (Å²) in [6.07, 6.45) is 1.72. The molecule has 2 aromatic carbocycles. The van der Waals surface area contributed by atoms with Crippen LogP contribution in [0, 0.1) is 6.92 Å². The third kappa shape index (κ3) is 5.00. The molecule has 0 radical (unpaired) electrons. The molecule has 0 aliphatic rings. The largest absolute Gasteiger partial charge is 0.494 e. The van der Waals surface area contributed by atoms with E-state index in [0.717, 1.165) is 27.2 Å². The van der Waals surface area contributed by atoms with Gasteiger partial charge in [0, 0.05) is 6.20 Å². The van der Waals surface area contributed by atoms with Crippen molar-refractivity contribution in [3.05, 3.63) is 78.1 Å².